The van der Waals surface area contributed by atoms with Gasteiger partial charge in [0.15, 0.2) is 11.5 Å². The third-order valence-electron chi connectivity index (χ3n) is 7.18. The van der Waals surface area contributed by atoms with Crippen molar-refractivity contribution in [1.29, 1.82) is 0 Å². The summed E-state index contributed by atoms with van der Waals surface area (Å²) in [5.74, 6) is -11.4. The van der Waals surface area contributed by atoms with Crippen LogP contribution in [-0.4, -0.2) is 85.1 Å². The number of hydrogen-bond donors (Lipinski definition) is 7. The van der Waals surface area contributed by atoms with Crippen LogP contribution in [0.3, 0.4) is 0 Å². The number of carbonyl (C=O) groups is 1. The number of fused-ring (bicyclic) bond motifs is 1. The van der Waals surface area contributed by atoms with Gasteiger partial charge in [-0.25, -0.2) is 4.90 Å². The van der Waals surface area contributed by atoms with Crippen molar-refractivity contribution in [2.45, 2.75) is 35.9 Å². The van der Waals surface area contributed by atoms with E-state index in [1.165, 1.54) is 31.3 Å². The Balaban J connectivity index is 1.63. The summed E-state index contributed by atoms with van der Waals surface area (Å²) >= 11 is 0. The fraction of sp³-hybridized carbons (Fsp3) is 0.458. The molecule has 190 valence electrons. The summed E-state index contributed by atoms with van der Waals surface area (Å²) in [6.07, 6.45) is -0.227. The van der Waals surface area contributed by atoms with Gasteiger partial charge < -0.3 is 45.2 Å². The lowest BCUT2D eigenvalue weighted by Crippen LogP contribution is -2.71. The summed E-state index contributed by atoms with van der Waals surface area (Å²) in [5.41, 5.74) is -4.07. The minimum absolute atomic E-state index is 0.0358. The zero-order chi connectivity index (χ0) is 25.8. The van der Waals surface area contributed by atoms with E-state index in [4.69, 9.17) is 9.47 Å². The van der Waals surface area contributed by atoms with Gasteiger partial charge in [0.2, 0.25) is 23.0 Å². The Labute approximate surface area is 201 Å². The molecular weight excluding hydrogens is 462 g/mol. The molecule has 4 rings (SSSR count). The summed E-state index contributed by atoms with van der Waals surface area (Å²) in [4.78, 5) is 14.5. The first-order valence-corrected chi connectivity index (χ1v) is 11.0. The monoisotopic (exact) mass is 491 g/mol. The number of piperidine rings is 1. The number of ether oxygens (including phenoxy) is 2. The Bertz CT molecular complexity index is 1110. The molecule has 7 N–H and O–H groups in total. The van der Waals surface area contributed by atoms with E-state index in [1.807, 2.05) is 0 Å². The highest BCUT2D eigenvalue weighted by Gasteiger charge is 2.74. The second kappa shape index (κ2) is 8.50. The van der Waals surface area contributed by atoms with Gasteiger partial charge in [-0.15, -0.1) is 0 Å². The van der Waals surface area contributed by atoms with E-state index in [0.717, 1.165) is 12.1 Å². The van der Waals surface area contributed by atoms with Crippen molar-refractivity contribution < 1.29 is 50.0 Å². The maximum absolute atomic E-state index is 13.2. The molecule has 0 saturated carbocycles. The van der Waals surface area contributed by atoms with E-state index in [0.29, 0.717) is 0 Å². The van der Waals surface area contributed by atoms with Gasteiger partial charge in [-0.2, -0.15) is 0 Å². The smallest absolute Gasteiger partial charge is 0.253 e. The zero-order valence-electron chi connectivity index (χ0n) is 19.2. The molecule has 1 unspecified atom stereocenters. The average Bonchev–Trinajstić information content (AvgIpc) is 3.01. The zero-order valence-corrected chi connectivity index (χ0v) is 19.2. The molecule has 35 heavy (non-hydrogen) atoms. The normalized spacial score (nSPS) is 23.3. The van der Waals surface area contributed by atoms with Crippen LogP contribution >= 0.6 is 0 Å². The van der Waals surface area contributed by atoms with Crippen molar-refractivity contribution in [3.8, 4) is 11.5 Å². The van der Waals surface area contributed by atoms with Crippen LogP contribution < -0.4 is 9.47 Å². The first kappa shape index (κ1) is 25.5. The number of carbonyl (C=O) groups excluding carboxylic acids is 1. The van der Waals surface area contributed by atoms with Gasteiger partial charge in [0.05, 0.1) is 14.2 Å². The quantitative estimate of drug-likeness (QED) is 0.245. The summed E-state index contributed by atoms with van der Waals surface area (Å²) in [7, 11) is 2.59. The van der Waals surface area contributed by atoms with Crippen molar-refractivity contribution in [2.24, 2.45) is 5.92 Å². The lowest BCUT2D eigenvalue weighted by atomic mass is 9.73. The lowest BCUT2D eigenvalue weighted by molar-refractivity contribution is -0.378. The maximum atomic E-state index is 13.2. The molecule has 11 nitrogen and oxygen atoms in total. The van der Waals surface area contributed by atoms with Gasteiger partial charge in [-0.3, -0.25) is 4.79 Å². The highest BCUT2D eigenvalue weighted by Crippen LogP contribution is 2.53. The van der Waals surface area contributed by atoms with Crippen LogP contribution in [0.25, 0.3) is 0 Å². The van der Waals surface area contributed by atoms with Crippen LogP contribution in [0.2, 0.25) is 0 Å². The summed E-state index contributed by atoms with van der Waals surface area (Å²) in [6, 6.07) is 10.3. The van der Waals surface area contributed by atoms with Crippen LogP contribution in [-0.2, 0) is 11.7 Å². The van der Waals surface area contributed by atoms with Crippen LogP contribution in [0.4, 0.5) is 0 Å². The second-order valence-corrected chi connectivity index (χ2v) is 8.95. The van der Waals surface area contributed by atoms with Crippen LogP contribution in [0.1, 0.15) is 34.3 Å². The fourth-order valence-corrected chi connectivity index (χ4v) is 5.06. The molecule has 11 heteroatoms. The van der Waals surface area contributed by atoms with Crippen LogP contribution in [0.15, 0.2) is 42.5 Å². The highest BCUT2D eigenvalue weighted by atomic mass is 16.6. The fourth-order valence-electron chi connectivity index (χ4n) is 5.06. The predicted octanol–water partition coefficient (Wildman–Crippen LogP) is -1.04. The van der Waals surface area contributed by atoms with E-state index in [9.17, 15) is 40.5 Å². The first-order chi connectivity index (χ1) is 16.3. The SMILES string of the molecule is COc1cc2c(cc1OC)C(O)(O)C(O)(C(O)(O)C1CCN(C(O)(O)c3ccccc3)CC1)C2=O. The molecule has 1 fully saturated rings. The molecule has 0 amide bonds. The second-order valence-electron chi connectivity index (χ2n) is 8.95. The van der Waals surface area contributed by atoms with Crippen molar-refractivity contribution >= 4 is 5.78 Å². The molecule has 1 aliphatic heterocycles. The van der Waals surface area contributed by atoms with Crippen molar-refractivity contribution in [2.75, 3.05) is 27.3 Å². The average molecular weight is 491 g/mol. The Morgan fingerprint density at radius 1 is 0.914 bits per heavy atom. The standard InChI is InChI=1S/C24H29NO10/c1-34-18-12-16-17(13-19(18)35-2)23(30,31)21(27,20(16)26)22(28,29)14-8-10-25(11-9-14)24(32,33)15-6-4-3-5-7-15/h3-7,12-14,27-33H,8-11H2,1-2H3. The number of nitrogens with zero attached hydrogens (tertiary/aromatic N) is 1. The van der Waals surface area contributed by atoms with Crippen LogP contribution in [0, 0.1) is 5.92 Å². The molecule has 2 aromatic carbocycles. The van der Waals surface area contributed by atoms with Gasteiger partial charge in [-0.05, 0) is 25.0 Å². The Morgan fingerprint density at radius 2 is 1.46 bits per heavy atom. The van der Waals surface area contributed by atoms with Gasteiger partial charge in [-0.1, -0.05) is 30.3 Å². The van der Waals surface area contributed by atoms with Crippen molar-refractivity contribution in [3.63, 3.8) is 0 Å². The highest BCUT2D eigenvalue weighted by molar-refractivity contribution is 6.09. The molecule has 1 atom stereocenters. The minimum atomic E-state index is -3.44. The topological polar surface area (TPSA) is 180 Å². The maximum Gasteiger partial charge on any atom is 0.253 e. The van der Waals surface area contributed by atoms with E-state index >= 15 is 0 Å². The number of benzene rings is 2. The van der Waals surface area contributed by atoms with Crippen molar-refractivity contribution in [1.82, 2.24) is 4.90 Å². The summed E-state index contributed by atoms with van der Waals surface area (Å²) < 4.78 is 10.3. The number of ketones is 1. The van der Waals surface area contributed by atoms with Gasteiger partial charge in [0.1, 0.15) is 0 Å². The molecular formula is C24H29NO10. The molecule has 2 aliphatic rings. The van der Waals surface area contributed by atoms with E-state index in [2.05, 4.69) is 0 Å². The molecule has 0 bridgehead atoms. The molecule has 1 aliphatic carbocycles. The van der Waals surface area contributed by atoms with E-state index < -0.39 is 40.4 Å². The third kappa shape index (κ3) is 3.55. The molecule has 1 saturated heterocycles. The molecule has 1 heterocycles. The number of rotatable bonds is 6. The van der Waals surface area contributed by atoms with Gasteiger partial charge in [0.25, 0.3) is 5.91 Å². The number of likely N-dealkylation sites (tertiary alicyclic amines) is 1. The molecule has 0 aromatic heterocycles. The largest absolute Gasteiger partial charge is 0.493 e. The van der Waals surface area contributed by atoms with Crippen LogP contribution in [0.5, 0.6) is 11.5 Å². The summed E-state index contributed by atoms with van der Waals surface area (Å²) in [6.45, 7) is -0.115. The van der Waals surface area contributed by atoms with E-state index in [1.54, 1.807) is 18.2 Å². The number of methoxy groups -OCH3 is 2. The molecule has 2 aromatic rings. The third-order valence-corrected chi connectivity index (χ3v) is 7.18. The summed E-state index contributed by atoms with van der Waals surface area (Å²) in [5, 5.41) is 76.6. The number of hydrogen-bond acceptors (Lipinski definition) is 11. The first-order valence-electron chi connectivity index (χ1n) is 11.0. The van der Waals surface area contributed by atoms with Crippen molar-refractivity contribution in [3.05, 3.63) is 59.2 Å². The Kier molecular flexibility index (Phi) is 6.19. The minimum Gasteiger partial charge on any atom is -0.493 e. The van der Waals surface area contributed by atoms with Gasteiger partial charge in [0, 0.05) is 35.7 Å². The Hall–Kier alpha value is -2.61. The van der Waals surface area contributed by atoms with Gasteiger partial charge >= 0.3 is 0 Å². The van der Waals surface area contributed by atoms with E-state index in [-0.39, 0.29) is 48.6 Å². The molecule has 0 radical (unpaired) electrons. The number of aliphatic hydroxyl groups is 7. The Morgan fingerprint density at radius 3 is 2.00 bits per heavy atom. The number of Topliss-reactive ketones (excluding diaryl/α,β-unsaturated/α-hetero) is 1. The molecule has 0 spiro atoms. The predicted molar refractivity (Wildman–Crippen MR) is 119 cm³/mol. The lowest BCUT2D eigenvalue weighted by Gasteiger charge is -2.48.